The number of nitrogens with zero attached hydrogens (tertiary/aromatic N) is 3. The van der Waals surface area contributed by atoms with Crippen LogP contribution in [-0.2, 0) is 12.0 Å². The summed E-state index contributed by atoms with van der Waals surface area (Å²) in [5.41, 5.74) is 2.61. The van der Waals surface area contributed by atoms with Gasteiger partial charge in [-0.2, -0.15) is 0 Å². The molecular formula is C15H19N3O2. The minimum Gasteiger partial charge on any atom is -0.476 e. The summed E-state index contributed by atoms with van der Waals surface area (Å²) in [4.78, 5) is 11.3. The van der Waals surface area contributed by atoms with Crippen LogP contribution in [0.15, 0.2) is 24.3 Å². The van der Waals surface area contributed by atoms with Gasteiger partial charge in [0.25, 0.3) is 0 Å². The summed E-state index contributed by atoms with van der Waals surface area (Å²) in [6.45, 7) is 8.44. The highest BCUT2D eigenvalue weighted by atomic mass is 16.4. The maximum absolute atomic E-state index is 11.3. The van der Waals surface area contributed by atoms with Crippen LogP contribution < -0.4 is 0 Å². The van der Waals surface area contributed by atoms with E-state index in [9.17, 15) is 9.90 Å². The summed E-state index contributed by atoms with van der Waals surface area (Å²) in [6, 6.07) is 8.09. The monoisotopic (exact) mass is 273 g/mol. The topological polar surface area (TPSA) is 68.0 Å². The number of aromatic carboxylic acids is 1. The molecule has 0 unspecified atom stereocenters. The Hall–Kier alpha value is -2.17. The zero-order chi connectivity index (χ0) is 14.9. The minimum atomic E-state index is -1.04. The smallest absolute Gasteiger partial charge is 0.358 e. The quantitative estimate of drug-likeness (QED) is 0.933. The molecule has 5 nitrogen and oxygen atoms in total. The van der Waals surface area contributed by atoms with E-state index in [0.717, 1.165) is 5.56 Å². The van der Waals surface area contributed by atoms with Gasteiger partial charge in [0.05, 0.1) is 12.2 Å². The third-order valence-electron chi connectivity index (χ3n) is 3.10. The lowest BCUT2D eigenvalue weighted by Crippen LogP contribution is -2.22. The molecule has 0 aliphatic heterocycles. The van der Waals surface area contributed by atoms with Crippen LogP contribution in [0.4, 0.5) is 0 Å². The average Bonchev–Trinajstić information content (AvgIpc) is 2.76. The summed E-state index contributed by atoms with van der Waals surface area (Å²) in [7, 11) is 0. The maximum Gasteiger partial charge on any atom is 0.358 e. The first-order valence-corrected chi connectivity index (χ1v) is 6.52. The maximum atomic E-state index is 11.3. The highest BCUT2D eigenvalue weighted by molar-refractivity contribution is 5.86. The van der Waals surface area contributed by atoms with E-state index in [1.54, 1.807) is 4.68 Å². The molecule has 0 saturated heterocycles. The van der Waals surface area contributed by atoms with Crippen molar-refractivity contribution in [1.29, 1.82) is 0 Å². The van der Waals surface area contributed by atoms with Gasteiger partial charge in [-0.15, -0.1) is 5.10 Å². The van der Waals surface area contributed by atoms with Crippen LogP contribution in [0.5, 0.6) is 0 Å². The molecule has 2 rings (SSSR count). The number of rotatable bonds is 3. The van der Waals surface area contributed by atoms with E-state index in [1.165, 1.54) is 5.56 Å². The second kappa shape index (κ2) is 5.07. The van der Waals surface area contributed by atoms with Crippen molar-refractivity contribution in [2.24, 2.45) is 0 Å². The first kappa shape index (κ1) is 14.2. The van der Waals surface area contributed by atoms with E-state index in [1.807, 2.05) is 52.0 Å². The first-order chi connectivity index (χ1) is 9.29. The summed E-state index contributed by atoms with van der Waals surface area (Å²) >= 11 is 0. The highest BCUT2D eigenvalue weighted by Crippen LogP contribution is 2.25. The van der Waals surface area contributed by atoms with Crippen molar-refractivity contribution >= 4 is 5.97 Å². The zero-order valence-electron chi connectivity index (χ0n) is 12.2. The van der Waals surface area contributed by atoms with Crippen molar-refractivity contribution in [3.05, 3.63) is 46.8 Å². The molecule has 5 heteroatoms. The Kier molecular flexibility index (Phi) is 3.61. The predicted octanol–water partition coefficient (Wildman–Crippen LogP) is 2.63. The van der Waals surface area contributed by atoms with Crippen LogP contribution in [0, 0.1) is 6.92 Å². The molecule has 0 aliphatic carbocycles. The Balaban J connectivity index is 2.42. The van der Waals surface area contributed by atoms with Gasteiger partial charge < -0.3 is 5.11 Å². The van der Waals surface area contributed by atoms with Crippen molar-refractivity contribution < 1.29 is 9.90 Å². The first-order valence-electron chi connectivity index (χ1n) is 6.52. The SMILES string of the molecule is Cc1ccc(Cn2nnc(C(=O)O)c2C(C)(C)C)cc1. The summed E-state index contributed by atoms with van der Waals surface area (Å²) in [5.74, 6) is -1.04. The lowest BCUT2D eigenvalue weighted by atomic mass is 9.90. The van der Waals surface area contributed by atoms with Crippen LogP contribution in [0.2, 0.25) is 0 Å². The van der Waals surface area contributed by atoms with Crippen LogP contribution >= 0.6 is 0 Å². The lowest BCUT2D eigenvalue weighted by molar-refractivity contribution is 0.0687. The molecule has 1 heterocycles. The van der Waals surface area contributed by atoms with Gasteiger partial charge in [-0.05, 0) is 12.5 Å². The van der Waals surface area contributed by atoms with Crippen LogP contribution in [0.25, 0.3) is 0 Å². The molecule has 0 radical (unpaired) electrons. The number of aryl methyl sites for hydroxylation is 1. The van der Waals surface area contributed by atoms with E-state index in [-0.39, 0.29) is 11.1 Å². The van der Waals surface area contributed by atoms with E-state index < -0.39 is 5.97 Å². The normalized spacial score (nSPS) is 11.6. The molecule has 0 atom stereocenters. The van der Waals surface area contributed by atoms with Gasteiger partial charge in [-0.3, -0.25) is 0 Å². The van der Waals surface area contributed by atoms with Crippen molar-refractivity contribution in [3.63, 3.8) is 0 Å². The van der Waals surface area contributed by atoms with Gasteiger partial charge in [-0.1, -0.05) is 55.8 Å². The third kappa shape index (κ3) is 2.87. The van der Waals surface area contributed by atoms with Gasteiger partial charge in [0.1, 0.15) is 0 Å². The number of benzene rings is 1. The van der Waals surface area contributed by atoms with Gasteiger partial charge in [-0.25, -0.2) is 9.48 Å². The van der Waals surface area contributed by atoms with Crippen molar-refractivity contribution in [2.45, 2.75) is 39.7 Å². The zero-order valence-corrected chi connectivity index (χ0v) is 12.2. The Bertz CT molecular complexity index is 622. The molecule has 1 aromatic carbocycles. The second-order valence-electron chi connectivity index (χ2n) is 5.99. The average molecular weight is 273 g/mol. The molecule has 0 aliphatic rings. The van der Waals surface area contributed by atoms with E-state index >= 15 is 0 Å². The van der Waals surface area contributed by atoms with Crippen molar-refractivity contribution in [2.75, 3.05) is 0 Å². The number of carboxylic acids is 1. The molecule has 2 aromatic rings. The number of hydrogen-bond donors (Lipinski definition) is 1. The Labute approximate surface area is 118 Å². The fourth-order valence-corrected chi connectivity index (χ4v) is 2.18. The van der Waals surface area contributed by atoms with Crippen molar-refractivity contribution in [1.82, 2.24) is 15.0 Å². The molecule has 0 spiro atoms. The summed E-state index contributed by atoms with van der Waals surface area (Å²) in [5, 5.41) is 17.0. The second-order valence-corrected chi connectivity index (χ2v) is 5.99. The highest BCUT2D eigenvalue weighted by Gasteiger charge is 2.28. The Morgan fingerprint density at radius 2 is 1.85 bits per heavy atom. The molecule has 1 N–H and O–H groups in total. The Morgan fingerprint density at radius 3 is 2.35 bits per heavy atom. The van der Waals surface area contributed by atoms with Gasteiger partial charge in [0.2, 0.25) is 0 Å². The largest absolute Gasteiger partial charge is 0.476 e. The van der Waals surface area contributed by atoms with Gasteiger partial charge in [0.15, 0.2) is 5.69 Å². The van der Waals surface area contributed by atoms with Gasteiger partial charge in [0, 0.05) is 5.41 Å². The molecule has 0 fully saturated rings. The van der Waals surface area contributed by atoms with Crippen LogP contribution in [0.3, 0.4) is 0 Å². The fraction of sp³-hybridized carbons (Fsp3) is 0.400. The molecule has 1 aromatic heterocycles. The van der Waals surface area contributed by atoms with Crippen molar-refractivity contribution in [3.8, 4) is 0 Å². The molecule has 106 valence electrons. The van der Waals surface area contributed by atoms with Gasteiger partial charge >= 0.3 is 5.97 Å². The van der Waals surface area contributed by atoms with E-state index in [0.29, 0.717) is 12.2 Å². The minimum absolute atomic E-state index is 0.0320. The number of carboxylic acid groups (broad SMARTS) is 1. The number of aromatic nitrogens is 3. The molecule has 0 amide bonds. The van der Waals surface area contributed by atoms with E-state index in [4.69, 9.17) is 0 Å². The fourth-order valence-electron chi connectivity index (χ4n) is 2.18. The lowest BCUT2D eigenvalue weighted by Gasteiger charge is -2.20. The molecular weight excluding hydrogens is 254 g/mol. The molecule has 0 saturated carbocycles. The van der Waals surface area contributed by atoms with Crippen LogP contribution in [0.1, 0.15) is 48.1 Å². The predicted molar refractivity (Wildman–Crippen MR) is 76.0 cm³/mol. The Morgan fingerprint density at radius 1 is 1.25 bits per heavy atom. The molecule has 20 heavy (non-hydrogen) atoms. The molecule has 0 bridgehead atoms. The number of hydrogen-bond acceptors (Lipinski definition) is 3. The standard InChI is InChI=1S/C15H19N3O2/c1-10-5-7-11(8-6-10)9-18-13(15(2,3)4)12(14(19)20)16-17-18/h5-8H,9H2,1-4H3,(H,19,20). The van der Waals surface area contributed by atoms with Crippen LogP contribution in [-0.4, -0.2) is 26.1 Å². The van der Waals surface area contributed by atoms with E-state index in [2.05, 4.69) is 10.3 Å². The number of carbonyl (C=O) groups is 1. The summed E-state index contributed by atoms with van der Waals surface area (Å²) < 4.78 is 1.67. The summed E-state index contributed by atoms with van der Waals surface area (Å²) in [6.07, 6.45) is 0. The third-order valence-corrected chi connectivity index (χ3v) is 3.10.